The van der Waals surface area contributed by atoms with Crippen molar-refractivity contribution in [3.05, 3.63) is 108 Å². The van der Waals surface area contributed by atoms with Crippen molar-refractivity contribution in [3.63, 3.8) is 0 Å². The van der Waals surface area contributed by atoms with Gasteiger partial charge in [0, 0.05) is 11.1 Å². The van der Waals surface area contributed by atoms with Crippen molar-refractivity contribution in [1.82, 2.24) is 0 Å². The molecule has 4 rings (SSSR count). The van der Waals surface area contributed by atoms with E-state index in [1.54, 1.807) is 60.7 Å². The molecule has 0 radical (unpaired) electrons. The number of hydrogen-bond acceptors (Lipinski definition) is 3. The minimum absolute atomic E-state index is 0.0592. The van der Waals surface area contributed by atoms with Gasteiger partial charge in [-0.25, -0.2) is 14.2 Å². The van der Waals surface area contributed by atoms with E-state index in [1.165, 1.54) is 6.07 Å². The van der Waals surface area contributed by atoms with Crippen LogP contribution in [0.3, 0.4) is 0 Å². The molecule has 0 aliphatic rings. The second-order valence-corrected chi connectivity index (χ2v) is 8.34. The third-order valence-corrected chi connectivity index (χ3v) is 4.98. The van der Waals surface area contributed by atoms with Gasteiger partial charge < -0.3 is 24.9 Å². The van der Waals surface area contributed by atoms with E-state index in [0.29, 0.717) is 33.4 Å². The Morgan fingerprint density at radius 1 is 0.571 bits per heavy atom. The van der Waals surface area contributed by atoms with Crippen LogP contribution in [0.5, 0.6) is 0 Å². The van der Waals surface area contributed by atoms with Crippen LogP contribution < -0.4 is 0 Å². The topological polar surface area (TPSA) is 152 Å². The van der Waals surface area contributed by atoms with Gasteiger partial charge in [0.25, 0.3) is 0 Å². The van der Waals surface area contributed by atoms with Crippen LogP contribution in [0.25, 0.3) is 33.4 Å². The summed E-state index contributed by atoms with van der Waals surface area (Å²) in [5.74, 6) is -2.22. The lowest BCUT2D eigenvalue weighted by Crippen LogP contribution is -2.10. The van der Waals surface area contributed by atoms with Gasteiger partial charge in [-0.3, -0.25) is 0 Å². The largest absolute Gasteiger partial charge is 0.478 e. The minimum Gasteiger partial charge on any atom is -0.478 e. The molecule has 0 bridgehead atoms. The molecule has 9 heteroatoms. The number of carboxylic acid groups (broad SMARTS) is 2. The summed E-state index contributed by atoms with van der Waals surface area (Å²) in [4.78, 5) is 46.4. The number of carbonyl (C=O) groups is 2. The van der Waals surface area contributed by atoms with Gasteiger partial charge in [0.2, 0.25) is 0 Å². The molecule has 0 aliphatic carbocycles. The fourth-order valence-electron chi connectivity index (χ4n) is 3.72. The quantitative estimate of drug-likeness (QED) is 0.240. The van der Waals surface area contributed by atoms with Gasteiger partial charge in [-0.1, -0.05) is 91.0 Å². The molecule has 0 aliphatic heterocycles. The van der Waals surface area contributed by atoms with E-state index >= 15 is 0 Å². The summed E-state index contributed by atoms with van der Waals surface area (Å²) in [6.45, 7) is 0. The molecule has 4 aromatic carbocycles. The maximum Gasteiger partial charge on any atom is 0.466 e. The normalized spacial score (nSPS) is 10.7. The van der Waals surface area contributed by atoms with Crippen LogP contribution in [0.2, 0.25) is 0 Å². The van der Waals surface area contributed by atoms with Crippen molar-refractivity contribution >= 4 is 19.8 Å². The van der Waals surface area contributed by atoms with Crippen LogP contribution in [0.15, 0.2) is 97.1 Å². The van der Waals surface area contributed by atoms with Crippen LogP contribution in [-0.4, -0.2) is 36.8 Å². The van der Waals surface area contributed by atoms with E-state index in [0.717, 1.165) is 0 Å². The Balaban J connectivity index is 0.000000623. The molecular formula is C26H21O8P. The summed E-state index contributed by atoms with van der Waals surface area (Å²) in [6.07, 6.45) is 0. The molecule has 178 valence electrons. The van der Waals surface area contributed by atoms with Crippen molar-refractivity contribution in [2.24, 2.45) is 0 Å². The molecule has 0 fully saturated rings. The molecule has 0 amide bonds. The van der Waals surface area contributed by atoms with Crippen LogP contribution in [0, 0.1) is 0 Å². The average molecular weight is 492 g/mol. The predicted molar refractivity (Wildman–Crippen MR) is 131 cm³/mol. The van der Waals surface area contributed by atoms with Gasteiger partial charge in [0.1, 0.15) is 0 Å². The van der Waals surface area contributed by atoms with Crippen LogP contribution in [0.1, 0.15) is 20.7 Å². The standard InChI is InChI=1S/C26H18O4.H3O4P/c27-25(28)21-16-20(17-10-4-1-5-11-17)24(26(29)30)23(19-14-8-3-9-15-19)22(21)18-12-6-2-7-13-18;1-5(2,3)4/h1-16H,(H,27,28)(H,29,30);(H3,1,2,3,4). The lowest BCUT2D eigenvalue weighted by Gasteiger charge is -2.20. The maximum absolute atomic E-state index is 12.5. The third kappa shape index (κ3) is 6.50. The summed E-state index contributed by atoms with van der Waals surface area (Å²) >= 11 is 0. The summed E-state index contributed by atoms with van der Waals surface area (Å²) in [5.41, 5.74) is 3.25. The summed E-state index contributed by atoms with van der Waals surface area (Å²) < 4.78 is 8.88. The van der Waals surface area contributed by atoms with Crippen LogP contribution in [-0.2, 0) is 4.57 Å². The second-order valence-electron chi connectivity index (χ2n) is 7.32. The highest BCUT2D eigenvalue weighted by Gasteiger charge is 2.27. The third-order valence-electron chi connectivity index (χ3n) is 4.98. The Hall–Kier alpha value is -4.07. The van der Waals surface area contributed by atoms with Gasteiger partial charge in [-0.2, -0.15) is 0 Å². The molecule has 4 aromatic rings. The van der Waals surface area contributed by atoms with E-state index < -0.39 is 19.8 Å². The first kappa shape index (κ1) is 25.6. The number of carboxylic acids is 2. The summed E-state index contributed by atoms with van der Waals surface area (Å²) in [5, 5.41) is 20.3. The molecule has 0 heterocycles. The second kappa shape index (κ2) is 10.9. The molecule has 0 saturated carbocycles. The Kier molecular flexibility index (Phi) is 7.96. The Labute approximate surface area is 200 Å². The van der Waals surface area contributed by atoms with E-state index in [1.807, 2.05) is 30.3 Å². The molecule has 0 aromatic heterocycles. The predicted octanol–water partition coefficient (Wildman–Crippen LogP) is 5.16. The van der Waals surface area contributed by atoms with Gasteiger partial charge in [0.15, 0.2) is 0 Å². The average Bonchev–Trinajstić information content (AvgIpc) is 2.83. The van der Waals surface area contributed by atoms with Crippen molar-refractivity contribution in [2.75, 3.05) is 0 Å². The smallest absolute Gasteiger partial charge is 0.466 e. The lowest BCUT2D eigenvalue weighted by atomic mass is 9.82. The zero-order chi connectivity index (χ0) is 25.6. The van der Waals surface area contributed by atoms with Gasteiger partial charge in [-0.15, -0.1) is 0 Å². The van der Waals surface area contributed by atoms with Gasteiger partial charge >= 0.3 is 19.8 Å². The van der Waals surface area contributed by atoms with Gasteiger partial charge in [-0.05, 0) is 28.3 Å². The number of aromatic carboxylic acids is 2. The molecule has 0 saturated heterocycles. The van der Waals surface area contributed by atoms with Crippen molar-refractivity contribution in [1.29, 1.82) is 0 Å². The van der Waals surface area contributed by atoms with Crippen molar-refractivity contribution in [3.8, 4) is 33.4 Å². The highest BCUT2D eigenvalue weighted by atomic mass is 31.2. The van der Waals surface area contributed by atoms with E-state index in [-0.39, 0.29) is 11.1 Å². The number of benzene rings is 4. The Morgan fingerprint density at radius 3 is 1.31 bits per heavy atom. The van der Waals surface area contributed by atoms with Crippen molar-refractivity contribution < 1.29 is 39.0 Å². The van der Waals surface area contributed by atoms with Crippen LogP contribution in [0.4, 0.5) is 0 Å². The maximum atomic E-state index is 12.5. The Bertz CT molecular complexity index is 1370. The molecule has 5 N–H and O–H groups in total. The first-order valence-electron chi connectivity index (χ1n) is 10.2. The molecular weight excluding hydrogens is 471 g/mol. The lowest BCUT2D eigenvalue weighted by molar-refractivity contribution is 0.0683. The monoisotopic (exact) mass is 492 g/mol. The first-order chi connectivity index (χ1) is 16.6. The first-order valence-corrected chi connectivity index (χ1v) is 11.8. The van der Waals surface area contributed by atoms with E-state index in [4.69, 9.17) is 19.2 Å². The fourth-order valence-corrected chi connectivity index (χ4v) is 3.72. The van der Waals surface area contributed by atoms with E-state index in [2.05, 4.69) is 0 Å². The zero-order valence-corrected chi connectivity index (χ0v) is 19.0. The molecule has 35 heavy (non-hydrogen) atoms. The van der Waals surface area contributed by atoms with Crippen LogP contribution >= 0.6 is 7.82 Å². The van der Waals surface area contributed by atoms with E-state index in [9.17, 15) is 19.8 Å². The van der Waals surface area contributed by atoms with Crippen molar-refractivity contribution in [2.45, 2.75) is 0 Å². The van der Waals surface area contributed by atoms with Gasteiger partial charge in [0.05, 0.1) is 11.1 Å². The fraction of sp³-hybridized carbons (Fsp3) is 0. The molecule has 0 spiro atoms. The SMILES string of the molecule is O=C(O)c1cc(-c2ccccc2)c(C(=O)O)c(-c2ccccc2)c1-c1ccccc1.O=P(O)(O)O. The molecule has 0 unspecified atom stereocenters. The zero-order valence-electron chi connectivity index (χ0n) is 18.1. The minimum atomic E-state index is -4.64. The molecule has 0 atom stereocenters. The number of hydrogen-bond donors (Lipinski definition) is 5. The number of rotatable bonds is 5. The highest BCUT2D eigenvalue weighted by Crippen LogP contribution is 2.42. The number of phosphoric acid groups is 1. The summed E-state index contributed by atoms with van der Waals surface area (Å²) in [7, 11) is -4.64. The molecule has 8 nitrogen and oxygen atoms in total. The summed E-state index contributed by atoms with van der Waals surface area (Å²) in [6, 6.07) is 28.6. The highest BCUT2D eigenvalue weighted by molar-refractivity contribution is 7.45. The Morgan fingerprint density at radius 2 is 0.943 bits per heavy atom.